The number of aromatic nitrogens is 1. The van der Waals surface area contributed by atoms with E-state index in [1.54, 1.807) is 12.2 Å². The molecule has 8 heteroatoms. The van der Waals surface area contributed by atoms with Crippen molar-refractivity contribution in [3.05, 3.63) is 55.8 Å². The zero-order valence-corrected chi connectivity index (χ0v) is 11.7. The molecule has 0 spiro atoms. The number of thiazole rings is 1. The Labute approximate surface area is 123 Å². The van der Waals surface area contributed by atoms with Gasteiger partial charge in [-0.1, -0.05) is 12.1 Å². The highest BCUT2D eigenvalue weighted by Gasteiger charge is 2.13. The predicted molar refractivity (Wildman–Crippen MR) is 77.5 cm³/mol. The Kier molecular flexibility index (Phi) is 4.39. The summed E-state index contributed by atoms with van der Waals surface area (Å²) in [5.74, 6) is -1.11. The van der Waals surface area contributed by atoms with E-state index in [0.717, 1.165) is 12.1 Å². The lowest BCUT2D eigenvalue weighted by Gasteiger charge is -1.96. The van der Waals surface area contributed by atoms with Crippen molar-refractivity contribution in [2.24, 2.45) is 0 Å². The fraction of sp³-hybridized carbons (Fsp3) is 0.0769. The van der Waals surface area contributed by atoms with Crippen molar-refractivity contribution in [2.75, 3.05) is 7.05 Å². The zero-order chi connectivity index (χ0) is 15.4. The monoisotopic (exact) mass is 307 g/mol. The molecule has 0 saturated carbocycles. The first-order valence-electron chi connectivity index (χ1n) is 5.81. The fourth-order valence-electron chi connectivity index (χ4n) is 1.53. The summed E-state index contributed by atoms with van der Waals surface area (Å²) in [5.41, 5.74) is -0.109. The van der Waals surface area contributed by atoms with Crippen molar-refractivity contribution < 1.29 is 14.1 Å². The molecule has 0 aliphatic heterocycles. The van der Waals surface area contributed by atoms with Crippen LogP contribution in [0.15, 0.2) is 24.4 Å². The number of halogens is 1. The van der Waals surface area contributed by atoms with E-state index in [1.807, 2.05) is 0 Å². The largest absolute Gasteiger partial charge is 0.354 e. The first kappa shape index (κ1) is 14.8. The minimum Gasteiger partial charge on any atom is -0.354 e. The van der Waals surface area contributed by atoms with Crippen LogP contribution in [-0.4, -0.2) is 22.9 Å². The molecule has 1 N–H and O–H groups in total. The first-order chi connectivity index (χ1) is 10.0. The molecule has 0 aliphatic carbocycles. The molecule has 0 aliphatic rings. The summed E-state index contributed by atoms with van der Waals surface area (Å²) in [4.78, 5) is 25.7. The number of nitro benzene ring substituents is 1. The van der Waals surface area contributed by atoms with Gasteiger partial charge in [0.25, 0.3) is 5.91 Å². The summed E-state index contributed by atoms with van der Waals surface area (Å²) < 4.78 is 13.2. The van der Waals surface area contributed by atoms with E-state index in [2.05, 4.69) is 10.3 Å². The van der Waals surface area contributed by atoms with Gasteiger partial charge >= 0.3 is 5.69 Å². The SMILES string of the molecule is CNC(=O)c1cnc(/C=C/c2ccc(F)c([N+](=O)[O-])c2)s1. The van der Waals surface area contributed by atoms with Gasteiger partial charge in [0.1, 0.15) is 9.88 Å². The molecule has 0 radical (unpaired) electrons. The lowest BCUT2D eigenvalue weighted by atomic mass is 10.2. The van der Waals surface area contributed by atoms with Gasteiger partial charge in [0.15, 0.2) is 0 Å². The summed E-state index contributed by atoms with van der Waals surface area (Å²) in [6.45, 7) is 0. The zero-order valence-electron chi connectivity index (χ0n) is 10.9. The molecule has 1 amide bonds. The average molecular weight is 307 g/mol. The summed E-state index contributed by atoms with van der Waals surface area (Å²) in [6.07, 6.45) is 4.61. The van der Waals surface area contributed by atoms with Gasteiger partial charge in [-0.25, -0.2) is 4.98 Å². The number of nitrogens with zero attached hydrogens (tertiary/aromatic N) is 2. The molecular weight excluding hydrogens is 297 g/mol. The Morgan fingerprint density at radius 1 is 1.48 bits per heavy atom. The normalized spacial score (nSPS) is 10.8. The highest BCUT2D eigenvalue weighted by Crippen LogP contribution is 2.21. The van der Waals surface area contributed by atoms with Gasteiger partial charge in [-0.15, -0.1) is 11.3 Å². The average Bonchev–Trinajstić information content (AvgIpc) is 2.94. The number of nitrogens with one attached hydrogen (secondary N) is 1. The smallest absolute Gasteiger partial charge is 0.305 e. The van der Waals surface area contributed by atoms with E-state index in [-0.39, 0.29) is 5.91 Å². The standard InChI is InChI=1S/C13H10FN3O3S/c1-15-13(18)11-7-16-12(21-11)5-3-8-2-4-9(14)10(6-8)17(19)20/h2-7H,1H3,(H,15,18)/b5-3+. The van der Waals surface area contributed by atoms with E-state index in [4.69, 9.17) is 0 Å². The van der Waals surface area contributed by atoms with Crippen molar-refractivity contribution in [1.82, 2.24) is 10.3 Å². The van der Waals surface area contributed by atoms with Crippen molar-refractivity contribution in [3.63, 3.8) is 0 Å². The molecule has 2 rings (SSSR count). The van der Waals surface area contributed by atoms with Gasteiger partial charge in [-0.3, -0.25) is 14.9 Å². The van der Waals surface area contributed by atoms with Crippen LogP contribution in [0, 0.1) is 15.9 Å². The molecule has 6 nitrogen and oxygen atoms in total. The van der Waals surface area contributed by atoms with Gasteiger partial charge in [0.2, 0.25) is 5.82 Å². The fourth-order valence-corrected chi connectivity index (χ4v) is 2.30. The molecule has 0 atom stereocenters. The predicted octanol–water partition coefficient (Wildman–Crippen LogP) is 2.72. The molecule has 0 fully saturated rings. The molecular formula is C13H10FN3O3S. The van der Waals surface area contributed by atoms with Crippen LogP contribution in [0.4, 0.5) is 10.1 Å². The molecule has 1 heterocycles. The van der Waals surface area contributed by atoms with Crippen LogP contribution >= 0.6 is 11.3 Å². The van der Waals surface area contributed by atoms with Crippen LogP contribution in [0.1, 0.15) is 20.2 Å². The molecule has 0 saturated heterocycles. The molecule has 0 unspecified atom stereocenters. The summed E-state index contributed by atoms with van der Waals surface area (Å²) in [6, 6.07) is 3.60. The molecule has 0 bridgehead atoms. The number of rotatable bonds is 4. The van der Waals surface area contributed by atoms with Crippen LogP contribution in [0.2, 0.25) is 0 Å². The van der Waals surface area contributed by atoms with E-state index in [1.165, 1.54) is 30.6 Å². The second-order valence-electron chi connectivity index (χ2n) is 3.94. The number of nitro groups is 1. The third kappa shape index (κ3) is 3.48. The molecule has 1 aromatic heterocycles. The Bertz CT molecular complexity index is 727. The van der Waals surface area contributed by atoms with Crippen LogP contribution in [0.3, 0.4) is 0 Å². The van der Waals surface area contributed by atoms with Gasteiger partial charge in [-0.2, -0.15) is 4.39 Å². The summed E-state index contributed by atoms with van der Waals surface area (Å²) in [5, 5.41) is 13.7. The Morgan fingerprint density at radius 3 is 2.90 bits per heavy atom. The Hall–Kier alpha value is -2.61. The Balaban J connectivity index is 2.21. The molecule has 1 aromatic carbocycles. The van der Waals surface area contributed by atoms with Crippen LogP contribution in [0.5, 0.6) is 0 Å². The van der Waals surface area contributed by atoms with Crippen LogP contribution in [-0.2, 0) is 0 Å². The van der Waals surface area contributed by atoms with Gasteiger partial charge in [0, 0.05) is 13.1 Å². The van der Waals surface area contributed by atoms with Crippen LogP contribution < -0.4 is 5.32 Å². The maximum Gasteiger partial charge on any atom is 0.305 e. The number of benzene rings is 1. The Morgan fingerprint density at radius 2 is 2.24 bits per heavy atom. The van der Waals surface area contributed by atoms with Crippen molar-refractivity contribution in [2.45, 2.75) is 0 Å². The maximum absolute atomic E-state index is 13.2. The number of carbonyl (C=O) groups excluding carboxylic acids is 1. The quantitative estimate of drug-likeness (QED) is 0.695. The molecule has 2 aromatic rings. The number of hydrogen-bond acceptors (Lipinski definition) is 5. The van der Waals surface area contributed by atoms with E-state index >= 15 is 0 Å². The topological polar surface area (TPSA) is 85.1 Å². The third-order valence-corrected chi connectivity index (χ3v) is 3.52. The second kappa shape index (κ2) is 6.23. The summed E-state index contributed by atoms with van der Waals surface area (Å²) in [7, 11) is 1.52. The number of amides is 1. The summed E-state index contributed by atoms with van der Waals surface area (Å²) >= 11 is 1.18. The van der Waals surface area contributed by atoms with Crippen molar-refractivity contribution in [3.8, 4) is 0 Å². The second-order valence-corrected chi connectivity index (χ2v) is 5.01. The van der Waals surface area contributed by atoms with Crippen molar-refractivity contribution >= 4 is 35.1 Å². The van der Waals surface area contributed by atoms with Gasteiger partial charge in [-0.05, 0) is 17.7 Å². The van der Waals surface area contributed by atoms with E-state index < -0.39 is 16.4 Å². The lowest BCUT2D eigenvalue weighted by Crippen LogP contribution is -2.16. The van der Waals surface area contributed by atoms with Gasteiger partial charge in [0.05, 0.1) is 11.1 Å². The lowest BCUT2D eigenvalue weighted by molar-refractivity contribution is -0.387. The van der Waals surface area contributed by atoms with E-state index in [0.29, 0.717) is 15.4 Å². The van der Waals surface area contributed by atoms with Crippen molar-refractivity contribution in [1.29, 1.82) is 0 Å². The highest BCUT2D eigenvalue weighted by molar-refractivity contribution is 7.14. The molecule has 21 heavy (non-hydrogen) atoms. The minimum atomic E-state index is -0.881. The van der Waals surface area contributed by atoms with E-state index in [9.17, 15) is 19.3 Å². The number of hydrogen-bond donors (Lipinski definition) is 1. The third-order valence-electron chi connectivity index (χ3n) is 2.56. The van der Waals surface area contributed by atoms with Gasteiger partial charge < -0.3 is 5.32 Å². The van der Waals surface area contributed by atoms with Crippen LogP contribution in [0.25, 0.3) is 12.2 Å². The number of carbonyl (C=O) groups is 1. The molecule has 108 valence electrons. The first-order valence-corrected chi connectivity index (χ1v) is 6.63. The maximum atomic E-state index is 13.2. The minimum absolute atomic E-state index is 0.232. The highest BCUT2D eigenvalue weighted by atomic mass is 32.1.